The van der Waals surface area contributed by atoms with Crippen LogP contribution in [-0.4, -0.2) is 17.8 Å². The Hall–Kier alpha value is -0.680. The molecule has 0 bridgehead atoms. The smallest absolute Gasteiger partial charge is 0.267 e. The van der Waals surface area contributed by atoms with Gasteiger partial charge < -0.3 is 13.9 Å². The van der Waals surface area contributed by atoms with Crippen LogP contribution in [0, 0.1) is 0 Å². The molecule has 0 aliphatic carbocycles. The van der Waals surface area contributed by atoms with E-state index in [1.54, 1.807) is 0 Å². The van der Waals surface area contributed by atoms with E-state index in [2.05, 4.69) is 64.6 Å². The molecule has 190 valence electrons. The van der Waals surface area contributed by atoms with Crippen molar-refractivity contribution in [3.8, 4) is 0 Å². The van der Waals surface area contributed by atoms with Gasteiger partial charge in [0.15, 0.2) is 0 Å². The molecule has 1 aromatic heterocycles. The van der Waals surface area contributed by atoms with Crippen molar-refractivity contribution in [3.05, 3.63) is 18.7 Å². The lowest BCUT2D eigenvalue weighted by molar-refractivity contribution is -0.696. The SMILES string of the molecule is CCCCCCCn1cc[n+](CCCCC)c1.CCCCCOP(=O)([O-])OCCCCC. The molecule has 0 saturated heterocycles. The Morgan fingerprint density at radius 1 is 0.750 bits per heavy atom. The van der Waals surface area contributed by atoms with Gasteiger partial charge in [-0.2, -0.15) is 0 Å². The van der Waals surface area contributed by atoms with Crippen molar-refractivity contribution in [1.82, 2.24) is 4.57 Å². The normalized spacial score (nSPS) is 11.4. The van der Waals surface area contributed by atoms with Crippen LogP contribution in [0.1, 0.15) is 118 Å². The van der Waals surface area contributed by atoms with E-state index in [9.17, 15) is 9.46 Å². The average molecular weight is 475 g/mol. The second kappa shape index (κ2) is 22.1. The highest BCUT2D eigenvalue weighted by atomic mass is 31.2. The third-order valence-corrected chi connectivity index (χ3v) is 6.28. The van der Waals surface area contributed by atoms with E-state index in [1.807, 2.05) is 0 Å². The first-order chi connectivity index (χ1) is 15.5. The van der Waals surface area contributed by atoms with Gasteiger partial charge in [0.2, 0.25) is 6.33 Å². The lowest BCUT2D eigenvalue weighted by Gasteiger charge is -2.22. The van der Waals surface area contributed by atoms with Crippen LogP contribution < -0.4 is 9.46 Å². The molecule has 0 N–H and O–H groups in total. The summed E-state index contributed by atoms with van der Waals surface area (Å²) >= 11 is 0. The largest absolute Gasteiger partial charge is 0.756 e. The molecular weight excluding hydrogens is 423 g/mol. The fraction of sp³-hybridized carbons (Fsp3) is 0.880. The van der Waals surface area contributed by atoms with Crippen LogP contribution >= 0.6 is 7.82 Å². The lowest BCUT2D eigenvalue weighted by atomic mass is 10.1. The molecule has 0 radical (unpaired) electrons. The number of unbranched alkanes of at least 4 members (excludes halogenated alkanes) is 10. The van der Waals surface area contributed by atoms with Gasteiger partial charge in [0.25, 0.3) is 7.82 Å². The molecule has 0 unspecified atom stereocenters. The van der Waals surface area contributed by atoms with Gasteiger partial charge in [-0.25, -0.2) is 9.13 Å². The highest BCUT2D eigenvalue weighted by molar-refractivity contribution is 7.45. The molecule has 1 heterocycles. The summed E-state index contributed by atoms with van der Waals surface area (Å²) < 4.78 is 25.2. The van der Waals surface area contributed by atoms with E-state index in [0.29, 0.717) is 0 Å². The summed E-state index contributed by atoms with van der Waals surface area (Å²) in [4.78, 5) is 11.1. The van der Waals surface area contributed by atoms with Gasteiger partial charge >= 0.3 is 0 Å². The Morgan fingerprint density at radius 2 is 1.25 bits per heavy atom. The fourth-order valence-corrected chi connectivity index (χ4v) is 4.02. The van der Waals surface area contributed by atoms with Crippen LogP contribution in [0.2, 0.25) is 0 Å². The molecule has 0 aliphatic heterocycles. The van der Waals surface area contributed by atoms with Gasteiger partial charge in [-0.15, -0.1) is 0 Å². The molecule has 0 aromatic carbocycles. The molecule has 0 atom stereocenters. The summed E-state index contributed by atoms with van der Waals surface area (Å²) in [5.41, 5.74) is 0. The maximum atomic E-state index is 11.1. The molecule has 1 aromatic rings. The summed E-state index contributed by atoms with van der Waals surface area (Å²) in [5, 5.41) is 0. The quantitative estimate of drug-likeness (QED) is 0.118. The van der Waals surface area contributed by atoms with E-state index in [-0.39, 0.29) is 13.2 Å². The molecule has 6 nitrogen and oxygen atoms in total. The van der Waals surface area contributed by atoms with Crippen LogP contribution in [0.15, 0.2) is 18.7 Å². The van der Waals surface area contributed by atoms with Crippen LogP contribution in [0.5, 0.6) is 0 Å². The highest BCUT2D eigenvalue weighted by Gasteiger charge is 2.08. The number of phosphoric acid groups is 1. The monoisotopic (exact) mass is 474 g/mol. The number of aromatic nitrogens is 2. The summed E-state index contributed by atoms with van der Waals surface area (Å²) in [5.74, 6) is 0. The van der Waals surface area contributed by atoms with E-state index in [1.165, 1.54) is 64.5 Å². The van der Waals surface area contributed by atoms with Crippen molar-refractivity contribution in [2.45, 2.75) is 131 Å². The first-order valence-corrected chi connectivity index (χ1v) is 14.6. The maximum Gasteiger partial charge on any atom is 0.267 e. The van der Waals surface area contributed by atoms with Gasteiger partial charge in [-0.3, -0.25) is 4.57 Å². The fourth-order valence-electron chi connectivity index (χ4n) is 3.24. The van der Waals surface area contributed by atoms with Crippen molar-refractivity contribution in [3.63, 3.8) is 0 Å². The minimum atomic E-state index is -4.02. The molecular formula is C25H51N2O4P. The predicted molar refractivity (Wildman–Crippen MR) is 131 cm³/mol. The zero-order valence-electron chi connectivity index (χ0n) is 21.4. The molecule has 0 amide bonds. The first-order valence-electron chi connectivity index (χ1n) is 13.1. The standard InChI is InChI=1S/C15H29N2.C10H23O4P/c1-3-5-7-8-10-12-17-14-13-16(15-17)11-9-6-4-2;1-3-5-7-9-13-15(11,12)14-10-8-6-4-2/h13-15H,3-12H2,1-2H3;3-10H2,1-2H3,(H,11,12)/q+1;/p-1. The molecule has 0 saturated carbocycles. The maximum absolute atomic E-state index is 11.1. The zero-order valence-corrected chi connectivity index (χ0v) is 22.3. The van der Waals surface area contributed by atoms with E-state index in [0.717, 1.165) is 38.5 Å². The number of nitrogens with zero attached hydrogens (tertiary/aromatic N) is 2. The Morgan fingerprint density at radius 3 is 1.81 bits per heavy atom. The van der Waals surface area contributed by atoms with Crippen molar-refractivity contribution >= 4 is 7.82 Å². The Balaban J connectivity index is 0.000000607. The highest BCUT2D eigenvalue weighted by Crippen LogP contribution is 2.38. The minimum Gasteiger partial charge on any atom is -0.756 e. The molecule has 0 spiro atoms. The van der Waals surface area contributed by atoms with Crippen LogP contribution in [0.25, 0.3) is 0 Å². The van der Waals surface area contributed by atoms with Crippen LogP contribution in [0.3, 0.4) is 0 Å². The third-order valence-electron chi connectivity index (χ3n) is 5.28. The van der Waals surface area contributed by atoms with Crippen molar-refractivity contribution < 1.29 is 23.1 Å². The Bertz CT molecular complexity index is 550. The van der Waals surface area contributed by atoms with Crippen molar-refractivity contribution in [1.29, 1.82) is 0 Å². The number of hydrogen-bond donors (Lipinski definition) is 0. The number of hydrogen-bond acceptors (Lipinski definition) is 4. The topological polar surface area (TPSA) is 67.4 Å². The van der Waals surface area contributed by atoms with Crippen LogP contribution in [-0.2, 0) is 26.7 Å². The molecule has 32 heavy (non-hydrogen) atoms. The van der Waals surface area contributed by atoms with Crippen molar-refractivity contribution in [2.75, 3.05) is 13.2 Å². The van der Waals surface area contributed by atoms with Crippen molar-refractivity contribution in [2.24, 2.45) is 0 Å². The number of imidazole rings is 1. The third kappa shape index (κ3) is 20.0. The average Bonchev–Trinajstić information content (AvgIpc) is 3.22. The van der Waals surface area contributed by atoms with Gasteiger partial charge in [-0.05, 0) is 38.5 Å². The molecule has 1 rings (SSSR count). The predicted octanol–water partition coefficient (Wildman–Crippen LogP) is 6.80. The van der Waals surface area contributed by atoms with Gasteiger partial charge in [0.05, 0.1) is 26.3 Å². The van der Waals surface area contributed by atoms with E-state index >= 15 is 0 Å². The second-order valence-electron chi connectivity index (χ2n) is 8.54. The molecule has 0 fully saturated rings. The van der Waals surface area contributed by atoms with Gasteiger partial charge in [0.1, 0.15) is 12.4 Å². The molecule has 7 heteroatoms. The lowest BCUT2D eigenvalue weighted by Crippen LogP contribution is -2.30. The van der Waals surface area contributed by atoms with Gasteiger partial charge in [0, 0.05) is 0 Å². The number of aryl methyl sites for hydroxylation is 2. The summed E-state index contributed by atoms with van der Waals surface area (Å²) in [7, 11) is -4.02. The van der Waals surface area contributed by atoms with E-state index < -0.39 is 7.82 Å². The van der Waals surface area contributed by atoms with Gasteiger partial charge in [-0.1, -0.05) is 79.1 Å². The minimum absolute atomic E-state index is 0.238. The number of rotatable bonds is 20. The van der Waals surface area contributed by atoms with E-state index in [4.69, 9.17) is 0 Å². The summed E-state index contributed by atoms with van der Waals surface area (Å²) in [6, 6.07) is 0. The first kappa shape index (κ1) is 31.3. The Kier molecular flexibility index (Phi) is 21.7. The number of phosphoric ester groups is 1. The Labute approximate surface area is 198 Å². The summed E-state index contributed by atoms with van der Waals surface area (Å²) in [6.45, 7) is 11.5. The second-order valence-corrected chi connectivity index (χ2v) is 9.95. The summed E-state index contributed by atoms with van der Waals surface area (Å²) in [6.07, 6.45) is 23.0. The van der Waals surface area contributed by atoms with Crippen LogP contribution in [0.4, 0.5) is 0 Å². The zero-order chi connectivity index (χ0) is 23.9. The molecule has 0 aliphatic rings.